The third kappa shape index (κ3) is 3.33. The van der Waals surface area contributed by atoms with Gasteiger partial charge in [0, 0.05) is 24.2 Å². The molecule has 2 aromatic heterocycles. The van der Waals surface area contributed by atoms with Crippen molar-refractivity contribution in [2.24, 2.45) is 11.3 Å². The zero-order valence-electron chi connectivity index (χ0n) is 15.1. The summed E-state index contributed by atoms with van der Waals surface area (Å²) in [5.41, 5.74) is 2.66. The fourth-order valence-corrected chi connectivity index (χ4v) is 4.44. The molecule has 6 nitrogen and oxygen atoms in total. The molecule has 0 spiro atoms. The molecule has 1 aliphatic heterocycles. The van der Waals surface area contributed by atoms with Gasteiger partial charge in [-0.15, -0.1) is 0 Å². The molecular weight excluding hydrogens is 328 g/mol. The van der Waals surface area contributed by atoms with Gasteiger partial charge in [-0.2, -0.15) is 10.2 Å². The lowest BCUT2D eigenvalue weighted by Gasteiger charge is -2.28. The largest absolute Gasteiger partial charge is 0.375 e. The SMILES string of the molecule is Cc1cccc(COC[C@@]23CCC[C@@H]2CN(C(=O)c2ccnnc2)C3)n1. The molecule has 26 heavy (non-hydrogen) atoms. The van der Waals surface area contributed by atoms with E-state index in [1.165, 1.54) is 12.8 Å². The quantitative estimate of drug-likeness (QED) is 0.827. The molecule has 6 heteroatoms. The molecule has 0 bridgehead atoms. The lowest BCUT2D eigenvalue weighted by molar-refractivity contribution is 0.0252. The Bertz CT molecular complexity index is 782. The van der Waals surface area contributed by atoms with Crippen molar-refractivity contribution in [2.75, 3.05) is 19.7 Å². The molecule has 2 atom stereocenters. The van der Waals surface area contributed by atoms with Gasteiger partial charge in [0.1, 0.15) is 0 Å². The number of likely N-dealkylation sites (tertiary alicyclic amines) is 1. The minimum absolute atomic E-state index is 0.0500. The van der Waals surface area contributed by atoms with Crippen molar-refractivity contribution >= 4 is 5.91 Å². The average molecular weight is 352 g/mol. The normalized spacial score (nSPS) is 24.7. The van der Waals surface area contributed by atoms with Crippen molar-refractivity contribution in [2.45, 2.75) is 32.8 Å². The Kier molecular flexibility index (Phi) is 4.68. The summed E-state index contributed by atoms with van der Waals surface area (Å²) in [6.07, 6.45) is 6.62. The predicted octanol–water partition coefficient (Wildman–Crippen LogP) is 2.64. The summed E-state index contributed by atoms with van der Waals surface area (Å²) in [7, 11) is 0. The third-order valence-electron chi connectivity index (χ3n) is 5.74. The molecule has 2 aliphatic rings. The first kappa shape index (κ1) is 17.1. The molecule has 0 radical (unpaired) electrons. The zero-order chi connectivity index (χ0) is 18.0. The molecule has 0 unspecified atom stereocenters. The lowest BCUT2D eigenvalue weighted by atomic mass is 9.81. The van der Waals surface area contributed by atoms with E-state index in [0.29, 0.717) is 24.7 Å². The monoisotopic (exact) mass is 352 g/mol. The van der Waals surface area contributed by atoms with Crippen molar-refractivity contribution in [3.63, 3.8) is 0 Å². The van der Waals surface area contributed by atoms with Crippen LogP contribution in [0.3, 0.4) is 0 Å². The number of ether oxygens (including phenoxy) is 1. The average Bonchev–Trinajstić information content (AvgIpc) is 3.19. The number of carbonyl (C=O) groups is 1. The number of hydrogen-bond donors (Lipinski definition) is 0. The molecule has 0 aromatic carbocycles. The van der Waals surface area contributed by atoms with Gasteiger partial charge in [0.25, 0.3) is 5.91 Å². The van der Waals surface area contributed by atoms with Crippen molar-refractivity contribution in [3.05, 3.63) is 53.6 Å². The number of rotatable bonds is 5. The van der Waals surface area contributed by atoms with E-state index in [2.05, 4.69) is 15.2 Å². The summed E-state index contributed by atoms with van der Waals surface area (Å²) in [5, 5.41) is 7.58. The summed E-state index contributed by atoms with van der Waals surface area (Å²) in [4.78, 5) is 19.2. The van der Waals surface area contributed by atoms with Gasteiger partial charge in [0.15, 0.2) is 0 Å². The fourth-order valence-electron chi connectivity index (χ4n) is 4.44. The van der Waals surface area contributed by atoms with Gasteiger partial charge in [-0.3, -0.25) is 9.78 Å². The summed E-state index contributed by atoms with van der Waals surface area (Å²) in [6.45, 7) is 4.78. The Hall–Kier alpha value is -2.34. The van der Waals surface area contributed by atoms with Gasteiger partial charge < -0.3 is 9.64 Å². The maximum atomic E-state index is 12.8. The number of pyridine rings is 1. The van der Waals surface area contributed by atoms with Crippen LogP contribution >= 0.6 is 0 Å². The topological polar surface area (TPSA) is 68.2 Å². The number of amides is 1. The molecule has 1 saturated heterocycles. The molecule has 3 heterocycles. The van der Waals surface area contributed by atoms with Crippen LogP contribution < -0.4 is 0 Å². The second-order valence-corrected chi connectivity index (χ2v) is 7.53. The van der Waals surface area contributed by atoms with Crippen LogP contribution in [0.5, 0.6) is 0 Å². The standard InChI is InChI=1S/C20H24N4O2/c1-15-4-2-6-18(23-15)12-26-14-20-8-3-5-17(20)11-24(13-20)19(25)16-7-9-21-22-10-16/h2,4,6-7,9-10,17H,3,5,8,11-14H2,1H3/t17-,20+/m1/s1. The number of carbonyl (C=O) groups excluding carboxylic acids is 1. The van der Waals surface area contributed by atoms with Gasteiger partial charge in [0.05, 0.1) is 36.9 Å². The van der Waals surface area contributed by atoms with Crippen LogP contribution in [0.25, 0.3) is 0 Å². The van der Waals surface area contributed by atoms with E-state index in [0.717, 1.165) is 30.9 Å². The lowest BCUT2D eigenvalue weighted by Crippen LogP contribution is -2.34. The highest BCUT2D eigenvalue weighted by Gasteiger charge is 2.50. The van der Waals surface area contributed by atoms with Gasteiger partial charge >= 0.3 is 0 Å². The van der Waals surface area contributed by atoms with Gasteiger partial charge in [-0.25, -0.2) is 0 Å². The molecule has 1 saturated carbocycles. The fraction of sp³-hybridized carbons (Fsp3) is 0.500. The number of aromatic nitrogens is 3. The number of hydrogen-bond acceptors (Lipinski definition) is 5. The number of aryl methyl sites for hydroxylation is 1. The van der Waals surface area contributed by atoms with Crippen LogP contribution in [-0.2, 0) is 11.3 Å². The van der Waals surface area contributed by atoms with Crippen molar-refractivity contribution < 1.29 is 9.53 Å². The van der Waals surface area contributed by atoms with Gasteiger partial charge in [-0.1, -0.05) is 12.5 Å². The first-order valence-electron chi connectivity index (χ1n) is 9.23. The summed E-state index contributed by atoms with van der Waals surface area (Å²) < 4.78 is 6.07. The van der Waals surface area contributed by atoms with Crippen molar-refractivity contribution in [1.82, 2.24) is 20.1 Å². The summed E-state index contributed by atoms with van der Waals surface area (Å²) in [5.74, 6) is 0.570. The summed E-state index contributed by atoms with van der Waals surface area (Å²) in [6, 6.07) is 7.73. The molecule has 1 aliphatic carbocycles. The van der Waals surface area contributed by atoms with E-state index in [9.17, 15) is 4.79 Å². The second-order valence-electron chi connectivity index (χ2n) is 7.53. The van der Waals surface area contributed by atoms with Crippen LogP contribution in [0.1, 0.15) is 41.0 Å². The first-order chi connectivity index (χ1) is 12.7. The van der Waals surface area contributed by atoms with Crippen molar-refractivity contribution in [3.8, 4) is 0 Å². The molecule has 4 rings (SSSR count). The minimum Gasteiger partial charge on any atom is -0.375 e. The van der Waals surface area contributed by atoms with Crippen LogP contribution in [0.15, 0.2) is 36.7 Å². The maximum absolute atomic E-state index is 12.8. The molecule has 0 N–H and O–H groups in total. The van der Waals surface area contributed by atoms with E-state index < -0.39 is 0 Å². The molecular formula is C20H24N4O2. The molecule has 136 valence electrons. The number of fused-ring (bicyclic) bond motifs is 1. The molecule has 2 aromatic rings. The first-order valence-corrected chi connectivity index (χ1v) is 9.23. The Labute approximate surface area is 153 Å². The summed E-state index contributed by atoms with van der Waals surface area (Å²) >= 11 is 0. The Morgan fingerprint density at radius 2 is 2.27 bits per heavy atom. The predicted molar refractivity (Wildman–Crippen MR) is 96.3 cm³/mol. The van der Waals surface area contributed by atoms with Crippen LogP contribution in [0, 0.1) is 18.3 Å². The van der Waals surface area contributed by atoms with Gasteiger partial charge in [0.2, 0.25) is 0 Å². The van der Waals surface area contributed by atoms with E-state index in [1.54, 1.807) is 18.5 Å². The number of nitrogens with zero attached hydrogens (tertiary/aromatic N) is 4. The van der Waals surface area contributed by atoms with E-state index in [1.807, 2.05) is 30.0 Å². The van der Waals surface area contributed by atoms with Crippen LogP contribution in [-0.4, -0.2) is 45.7 Å². The second kappa shape index (κ2) is 7.11. The molecule has 2 fully saturated rings. The highest BCUT2D eigenvalue weighted by atomic mass is 16.5. The molecule has 1 amide bonds. The third-order valence-corrected chi connectivity index (χ3v) is 5.74. The Morgan fingerprint density at radius 3 is 3.08 bits per heavy atom. The minimum atomic E-state index is 0.0500. The maximum Gasteiger partial charge on any atom is 0.255 e. The zero-order valence-corrected chi connectivity index (χ0v) is 15.1. The smallest absolute Gasteiger partial charge is 0.255 e. The highest BCUT2D eigenvalue weighted by molar-refractivity contribution is 5.94. The Balaban J connectivity index is 1.41. The van der Waals surface area contributed by atoms with Crippen LogP contribution in [0.4, 0.5) is 0 Å². The van der Waals surface area contributed by atoms with E-state index in [-0.39, 0.29) is 11.3 Å². The van der Waals surface area contributed by atoms with E-state index in [4.69, 9.17) is 4.74 Å². The highest BCUT2D eigenvalue weighted by Crippen LogP contribution is 2.49. The van der Waals surface area contributed by atoms with Crippen molar-refractivity contribution in [1.29, 1.82) is 0 Å². The Morgan fingerprint density at radius 1 is 1.35 bits per heavy atom. The van der Waals surface area contributed by atoms with Gasteiger partial charge in [-0.05, 0) is 43.9 Å². The van der Waals surface area contributed by atoms with E-state index >= 15 is 0 Å². The van der Waals surface area contributed by atoms with Crippen LogP contribution in [0.2, 0.25) is 0 Å².